The maximum Gasteiger partial charge on any atom is 0.0873 e. The van der Waals surface area contributed by atoms with E-state index in [-0.39, 0.29) is 5.41 Å². The molecule has 0 aliphatic carbocycles. The molecule has 1 aromatic heterocycles. The van der Waals surface area contributed by atoms with Crippen LogP contribution in [-0.2, 0) is 5.41 Å². The molecule has 0 spiro atoms. The van der Waals surface area contributed by atoms with Crippen LogP contribution in [0.25, 0.3) is 0 Å². The van der Waals surface area contributed by atoms with E-state index in [0.29, 0.717) is 0 Å². The summed E-state index contributed by atoms with van der Waals surface area (Å²) in [5.74, 6) is 0. The van der Waals surface area contributed by atoms with Gasteiger partial charge >= 0.3 is 0 Å². The van der Waals surface area contributed by atoms with Crippen molar-refractivity contribution in [2.75, 3.05) is 39.3 Å². The average Bonchev–Trinajstić information content (AvgIpc) is 2.75. The van der Waals surface area contributed by atoms with E-state index in [1.54, 1.807) is 11.3 Å². The zero-order valence-electron chi connectivity index (χ0n) is 10.4. The van der Waals surface area contributed by atoms with E-state index in [1.807, 2.05) is 0 Å². The molecule has 4 saturated heterocycles. The molecule has 18 heavy (non-hydrogen) atoms. The zero-order valence-corrected chi connectivity index (χ0v) is 11.2. The van der Waals surface area contributed by atoms with Gasteiger partial charge in [0.1, 0.15) is 0 Å². The maximum atomic E-state index is 10.9. The van der Waals surface area contributed by atoms with Crippen molar-refractivity contribution in [3.8, 4) is 0 Å². The molecule has 0 radical (unpaired) electrons. The van der Waals surface area contributed by atoms with Crippen LogP contribution in [-0.4, -0.2) is 65.8 Å². The van der Waals surface area contributed by atoms with Crippen LogP contribution >= 0.6 is 11.3 Å². The second-order valence-electron chi connectivity index (χ2n) is 6.19. The van der Waals surface area contributed by atoms with Crippen LogP contribution in [0.5, 0.6) is 0 Å². The molecule has 4 aliphatic heterocycles. The molecule has 3 unspecified atom stereocenters. The van der Waals surface area contributed by atoms with Gasteiger partial charge in [-0.25, -0.2) is 0 Å². The number of fused-ring (bicyclic) bond motifs is 1. The molecule has 5 heteroatoms. The van der Waals surface area contributed by atoms with Gasteiger partial charge in [0.15, 0.2) is 0 Å². The molecule has 5 heterocycles. The molecule has 0 aromatic carbocycles. The Morgan fingerprint density at radius 2 is 1.89 bits per heavy atom. The van der Waals surface area contributed by atoms with Crippen LogP contribution < -0.4 is 5.73 Å². The fourth-order valence-electron chi connectivity index (χ4n) is 4.19. The maximum absolute atomic E-state index is 10.9. The van der Waals surface area contributed by atoms with E-state index < -0.39 is 11.6 Å². The van der Waals surface area contributed by atoms with Crippen molar-refractivity contribution >= 4 is 11.3 Å². The van der Waals surface area contributed by atoms with E-state index in [9.17, 15) is 5.11 Å². The lowest BCUT2D eigenvalue weighted by atomic mass is 9.65. The molecule has 5 rings (SSSR count). The van der Waals surface area contributed by atoms with Crippen molar-refractivity contribution in [1.29, 1.82) is 0 Å². The third-order valence-electron chi connectivity index (χ3n) is 4.86. The highest BCUT2D eigenvalue weighted by Crippen LogP contribution is 2.45. The molecular weight excluding hydrogens is 246 g/mol. The molecule has 3 N–H and O–H groups in total. The van der Waals surface area contributed by atoms with Gasteiger partial charge in [-0.2, -0.15) is 0 Å². The first-order valence-electron chi connectivity index (χ1n) is 6.58. The van der Waals surface area contributed by atoms with Crippen LogP contribution in [0.15, 0.2) is 17.5 Å². The average molecular weight is 265 g/mol. The summed E-state index contributed by atoms with van der Waals surface area (Å²) < 4.78 is 0. The first-order valence-corrected chi connectivity index (χ1v) is 7.46. The molecule has 98 valence electrons. The lowest BCUT2D eigenvalue weighted by molar-refractivity contribution is -0.0876. The summed E-state index contributed by atoms with van der Waals surface area (Å²) in [6.45, 7) is 5.72. The minimum atomic E-state index is -0.461. The molecule has 4 bridgehead atoms. The van der Waals surface area contributed by atoms with Crippen molar-refractivity contribution in [3.63, 3.8) is 0 Å². The highest BCUT2D eigenvalue weighted by atomic mass is 32.1. The molecule has 0 amide bonds. The minimum absolute atomic E-state index is 0.171. The van der Waals surface area contributed by atoms with Gasteiger partial charge in [-0.1, -0.05) is 6.07 Å². The summed E-state index contributed by atoms with van der Waals surface area (Å²) in [5.41, 5.74) is 5.89. The topological polar surface area (TPSA) is 52.7 Å². The number of aliphatic hydroxyl groups excluding tert-OH is 1. The number of aliphatic hydroxyl groups is 1. The van der Waals surface area contributed by atoms with Crippen LogP contribution in [0.1, 0.15) is 4.88 Å². The Kier molecular flexibility index (Phi) is 2.24. The summed E-state index contributed by atoms with van der Waals surface area (Å²) in [6, 6.07) is 4.24. The SMILES string of the molecule is NC12CN3CCN(C1)CC(c1cccs1)(C3)C2O. The number of piperidine rings is 2. The molecule has 4 aliphatic rings. The fraction of sp³-hybridized carbons (Fsp3) is 0.692. The Balaban J connectivity index is 1.87. The quantitative estimate of drug-likeness (QED) is 0.731. The summed E-state index contributed by atoms with van der Waals surface area (Å²) >= 11 is 1.75. The second-order valence-corrected chi connectivity index (χ2v) is 7.14. The smallest absolute Gasteiger partial charge is 0.0873 e. The number of hydrogen-bond acceptors (Lipinski definition) is 5. The minimum Gasteiger partial charge on any atom is -0.390 e. The van der Waals surface area contributed by atoms with Gasteiger partial charge in [0.05, 0.1) is 17.1 Å². The van der Waals surface area contributed by atoms with Crippen molar-refractivity contribution in [2.24, 2.45) is 5.73 Å². The Morgan fingerprint density at radius 3 is 2.44 bits per heavy atom. The summed E-state index contributed by atoms with van der Waals surface area (Å²) in [6.07, 6.45) is -0.422. The van der Waals surface area contributed by atoms with Crippen molar-refractivity contribution < 1.29 is 5.11 Å². The lowest BCUT2D eigenvalue weighted by Crippen LogP contribution is -2.78. The zero-order chi connectivity index (χ0) is 12.4. The third-order valence-corrected chi connectivity index (χ3v) is 5.95. The first kappa shape index (κ1) is 11.4. The number of thiophene rings is 1. The van der Waals surface area contributed by atoms with E-state index in [0.717, 1.165) is 39.3 Å². The molecular formula is C13H19N3OS. The number of nitrogens with zero attached hydrogens (tertiary/aromatic N) is 2. The van der Waals surface area contributed by atoms with Crippen molar-refractivity contribution in [2.45, 2.75) is 17.1 Å². The molecule has 4 fully saturated rings. The second kappa shape index (κ2) is 3.55. The largest absolute Gasteiger partial charge is 0.390 e. The lowest BCUT2D eigenvalue weighted by Gasteiger charge is -2.57. The molecule has 4 nitrogen and oxygen atoms in total. The number of hydrogen-bond donors (Lipinski definition) is 2. The van der Waals surface area contributed by atoms with E-state index >= 15 is 0 Å². The van der Waals surface area contributed by atoms with Crippen molar-refractivity contribution in [3.05, 3.63) is 22.4 Å². The molecule has 0 saturated carbocycles. The van der Waals surface area contributed by atoms with Gasteiger partial charge in [-0.15, -0.1) is 11.3 Å². The van der Waals surface area contributed by atoms with E-state index in [4.69, 9.17) is 5.73 Å². The third kappa shape index (κ3) is 1.34. The molecule has 3 atom stereocenters. The Labute approximate surface area is 111 Å². The van der Waals surface area contributed by atoms with Gasteiger partial charge < -0.3 is 10.8 Å². The van der Waals surface area contributed by atoms with E-state index in [2.05, 4.69) is 27.3 Å². The van der Waals surface area contributed by atoms with Crippen LogP contribution in [0.3, 0.4) is 0 Å². The normalized spacial score (nSPS) is 50.4. The fourth-order valence-corrected chi connectivity index (χ4v) is 5.13. The predicted molar refractivity (Wildman–Crippen MR) is 71.8 cm³/mol. The van der Waals surface area contributed by atoms with Gasteiger partial charge in [0, 0.05) is 44.1 Å². The number of nitrogens with two attached hydrogens (primary N) is 1. The number of rotatable bonds is 1. The molecule has 1 aromatic rings. The summed E-state index contributed by atoms with van der Waals surface area (Å²) in [4.78, 5) is 6.18. The van der Waals surface area contributed by atoms with Gasteiger partial charge in [0.25, 0.3) is 0 Å². The van der Waals surface area contributed by atoms with Crippen LogP contribution in [0.4, 0.5) is 0 Å². The Morgan fingerprint density at radius 1 is 1.22 bits per heavy atom. The first-order chi connectivity index (χ1) is 8.62. The highest BCUT2D eigenvalue weighted by molar-refractivity contribution is 7.10. The van der Waals surface area contributed by atoms with Crippen LogP contribution in [0.2, 0.25) is 0 Å². The van der Waals surface area contributed by atoms with Crippen molar-refractivity contribution in [1.82, 2.24) is 9.80 Å². The van der Waals surface area contributed by atoms with Gasteiger partial charge in [0.2, 0.25) is 0 Å². The standard InChI is InChI=1S/C13H19N3OS/c14-13-8-15-3-4-16(9-13)7-12(6-15,11(13)17)10-2-1-5-18-10/h1-2,5,11,17H,3-4,6-9,14H2. The van der Waals surface area contributed by atoms with E-state index in [1.165, 1.54) is 4.88 Å². The Bertz CT molecular complexity index is 445. The Hall–Kier alpha value is -0.460. The summed E-state index contributed by atoms with van der Waals surface area (Å²) in [5, 5.41) is 13.0. The highest BCUT2D eigenvalue weighted by Gasteiger charge is 2.60. The predicted octanol–water partition coefficient (Wildman–Crippen LogP) is -0.311. The monoisotopic (exact) mass is 265 g/mol. The summed E-state index contributed by atoms with van der Waals surface area (Å²) in [7, 11) is 0. The van der Waals surface area contributed by atoms with Gasteiger partial charge in [-0.05, 0) is 11.4 Å². The van der Waals surface area contributed by atoms with Gasteiger partial charge in [-0.3, -0.25) is 9.80 Å². The van der Waals surface area contributed by atoms with Crippen LogP contribution in [0, 0.1) is 0 Å².